The minimum atomic E-state index is -4.40. The lowest BCUT2D eigenvalue weighted by molar-refractivity contribution is -0.137. The van der Waals surface area contributed by atoms with Crippen molar-refractivity contribution < 1.29 is 18.0 Å². The lowest BCUT2D eigenvalue weighted by atomic mass is 10.1. The number of hydrogen-bond acceptors (Lipinski definition) is 2. The Morgan fingerprint density at radius 1 is 1.00 bits per heavy atom. The van der Waals surface area contributed by atoms with Crippen LogP contribution in [0.3, 0.4) is 0 Å². The molecule has 1 saturated heterocycles. The third-order valence-corrected chi connectivity index (χ3v) is 4.05. The van der Waals surface area contributed by atoms with Gasteiger partial charge in [0.1, 0.15) is 0 Å². The highest BCUT2D eigenvalue weighted by Crippen LogP contribution is 2.29. The van der Waals surface area contributed by atoms with Gasteiger partial charge in [0.15, 0.2) is 0 Å². The van der Waals surface area contributed by atoms with Gasteiger partial charge in [0.25, 0.3) is 5.91 Å². The lowest BCUT2D eigenvalue weighted by Crippen LogP contribution is -2.18. The summed E-state index contributed by atoms with van der Waals surface area (Å²) in [4.78, 5) is 14.4. The van der Waals surface area contributed by atoms with Crippen LogP contribution in [0.1, 0.15) is 28.8 Å². The topological polar surface area (TPSA) is 32.3 Å². The molecule has 0 unspecified atom stereocenters. The van der Waals surface area contributed by atoms with Gasteiger partial charge in [-0.25, -0.2) is 0 Å². The van der Waals surface area contributed by atoms with Crippen LogP contribution in [0.4, 0.5) is 24.5 Å². The third-order valence-electron chi connectivity index (χ3n) is 4.05. The zero-order valence-electron chi connectivity index (χ0n) is 12.9. The van der Waals surface area contributed by atoms with Crippen LogP contribution < -0.4 is 10.2 Å². The second-order valence-corrected chi connectivity index (χ2v) is 5.77. The van der Waals surface area contributed by atoms with E-state index in [1.807, 2.05) is 18.2 Å². The molecule has 126 valence electrons. The van der Waals surface area contributed by atoms with Crippen molar-refractivity contribution in [1.82, 2.24) is 0 Å². The molecule has 24 heavy (non-hydrogen) atoms. The minimum Gasteiger partial charge on any atom is -0.371 e. The van der Waals surface area contributed by atoms with Crippen LogP contribution in [-0.4, -0.2) is 19.0 Å². The van der Waals surface area contributed by atoms with Crippen molar-refractivity contribution in [2.75, 3.05) is 23.3 Å². The van der Waals surface area contributed by atoms with E-state index in [0.29, 0.717) is 5.69 Å². The van der Waals surface area contributed by atoms with Gasteiger partial charge in [0.05, 0.1) is 5.56 Å². The molecule has 1 fully saturated rings. The molecule has 0 radical (unpaired) electrons. The summed E-state index contributed by atoms with van der Waals surface area (Å²) in [7, 11) is 0. The van der Waals surface area contributed by atoms with E-state index in [1.165, 1.54) is 12.1 Å². The van der Waals surface area contributed by atoms with Crippen LogP contribution in [0.15, 0.2) is 48.5 Å². The first-order chi connectivity index (χ1) is 11.4. The molecule has 1 N–H and O–H groups in total. The largest absolute Gasteiger partial charge is 0.416 e. The summed E-state index contributed by atoms with van der Waals surface area (Å²) >= 11 is 0. The van der Waals surface area contributed by atoms with Crippen LogP contribution in [0.2, 0.25) is 0 Å². The number of carbonyl (C=O) groups is 1. The van der Waals surface area contributed by atoms with Crippen molar-refractivity contribution in [3.8, 4) is 0 Å². The number of alkyl halides is 3. The second kappa shape index (κ2) is 6.55. The Morgan fingerprint density at radius 3 is 2.29 bits per heavy atom. The van der Waals surface area contributed by atoms with Gasteiger partial charge in [-0.15, -0.1) is 0 Å². The molecule has 0 aliphatic carbocycles. The van der Waals surface area contributed by atoms with Crippen molar-refractivity contribution in [1.29, 1.82) is 0 Å². The molecule has 6 heteroatoms. The number of anilines is 2. The normalized spacial score (nSPS) is 14.7. The molecular formula is C18H17F3N2O. The maximum atomic E-state index is 12.6. The van der Waals surface area contributed by atoms with Gasteiger partial charge in [-0.3, -0.25) is 4.79 Å². The number of nitrogens with zero attached hydrogens (tertiary/aromatic N) is 1. The van der Waals surface area contributed by atoms with Gasteiger partial charge in [0, 0.05) is 30.0 Å². The Hall–Kier alpha value is -2.50. The highest BCUT2D eigenvalue weighted by Gasteiger charge is 2.30. The first-order valence-electron chi connectivity index (χ1n) is 7.77. The van der Waals surface area contributed by atoms with E-state index < -0.39 is 17.6 Å². The minimum absolute atomic E-state index is 0.189. The molecular weight excluding hydrogens is 317 g/mol. The van der Waals surface area contributed by atoms with Crippen molar-refractivity contribution in [3.63, 3.8) is 0 Å². The molecule has 0 aromatic heterocycles. The van der Waals surface area contributed by atoms with E-state index in [2.05, 4.69) is 10.2 Å². The van der Waals surface area contributed by atoms with Gasteiger partial charge in [0.2, 0.25) is 0 Å². The maximum absolute atomic E-state index is 12.6. The summed E-state index contributed by atoms with van der Waals surface area (Å²) in [6.45, 7) is 1.99. The van der Waals surface area contributed by atoms with Crippen LogP contribution in [0.25, 0.3) is 0 Å². The summed E-state index contributed by atoms with van der Waals surface area (Å²) in [6, 6.07) is 11.7. The van der Waals surface area contributed by atoms with Crippen LogP contribution in [-0.2, 0) is 6.18 Å². The highest BCUT2D eigenvalue weighted by molar-refractivity contribution is 6.04. The summed E-state index contributed by atoms with van der Waals surface area (Å²) in [5.41, 5.74) is 1.09. The van der Waals surface area contributed by atoms with Crippen molar-refractivity contribution in [3.05, 3.63) is 59.7 Å². The summed E-state index contributed by atoms with van der Waals surface area (Å²) < 4.78 is 37.7. The fourth-order valence-electron chi connectivity index (χ4n) is 2.77. The summed E-state index contributed by atoms with van der Waals surface area (Å²) in [5.74, 6) is -0.428. The fraction of sp³-hybridized carbons (Fsp3) is 0.278. The Morgan fingerprint density at radius 2 is 1.67 bits per heavy atom. The average molecular weight is 334 g/mol. The van der Waals surface area contributed by atoms with E-state index in [1.54, 1.807) is 6.07 Å². The van der Waals surface area contributed by atoms with E-state index in [0.717, 1.165) is 43.8 Å². The quantitative estimate of drug-likeness (QED) is 0.892. The van der Waals surface area contributed by atoms with E-state index >= 15 is 0 Å². The molecule has 2 aromatic carbocycles. The van der Waals surface area contributed by atoms with Crippen molar-refractivity contribution in [2.45, 2.75) is 19.0 Å². The number of halogens is 3. The number of carbonyl (C=O) groups excluding carboxylic acids is 1. The maximum Gasteiger partial charge on any atom is 0.416 e. The van der Waals surface area contributed by atoms with Gasteiger partial charge in [-0.2, -0.15) is 13.2 Å². The molecule has 1 aliphatic heterocycles. The Balaban J connectivity index is 1.71. The highest BCUT2D eigenvalue weighted by atomic mass is 19.4. The van der Waals surface area contributed by atoms with Crippen LogP contribution >= 0.6 is 0 Å². The molecule has 0 bridgehead atoms. The molecule has 1 heterocycles. The number of nitrogens with one attached hydrogen (secondary N) is 1. The van der Waals surface area contributed by atoms with Gasteiger partial charge < -0.3 is 10.2 Å². The second-order valence-electron chi connectivity index (χ2n) is 5.77. The molecule has 1 amide bonds. The Labute approximate surface area is 138 Å². The van der Waals surface area contributed by atoms with Crippen molar-refractivity contribution >= 4 is 17.3 Å². The fourth-order valence-corrected chi connectivity index (χ4v) is 2.77. The van der Waals surface area contributed by atoms with Gasteiger partial charge in [-0.1, -0.05) is 6.07 Å². The zero-order chi connectivity index (χ0) is 17.2. The molecule has 2 aromatic rings. The lowest BCUT2D eigenvalue weighted by Gasteiger charge is -2.18. The monoisotopic (exact) mass is 334 g/mol. The van der Waals surface area contributed by atoms with E-state index in [-0.39, 0.29) is 5.56 Å². The van der Waals surface area contributed by atoms with Gasteiger partial charge >= 0.3 is 6.18 Å². The summed E-state index contributed by atoms with van der Waals surface area (Å²) in [6.07, 6.45) is -2.09. The predicted octanol–water partition coefficient (Wildman–Crippen LogP) is 4.56. The van der Waals surface area contributed by atoms with E-state index in [9.17, 15) is 18.0 Å². The number of amides is 1. The Bertz CT molecular complexity index is 720. The van der Waals surface area contributed by atoms with Crippen LogP contribution in [0.5, 0.6) is 0 Å². The van der Waals surface area contributed by atoms with Gasteiger partial charge in [-0.05, 0) is 55.3 Å². The molecule has 0 saturated carbocycles. The zero-order valence-corrected chi connectivity index (χ0v) is 12.9. The summed E-state index contributed by atoms with van der Waals surface area (Å²) in [5, 5.41) is 2.73. The number of hydrogen-bond donors (Lipinski definition) is 1. The first-order valence-corrected chi connectivity index (χ1v) is 7.77. The standard InChI is InChI=1S/C18H17F3N2O/c19-18(20,21)14-8-6-13(7-9-14)17(24)22-15-4-3-5-16(12-15)23-10-1-2-11-23/h3-9,12H,1-2,10-11H2,(H,22,24). The smallest absolute Gasteiger partial charge is 0.371 e. The molecule has 0 spiro atoms. The number of rotatable bonds is 3. The third kappa shape index (κ3) is 3.69. The number of benzene rings is 2. The first kappa shape index (κ1) is 16.4. The van der Waals surface area contributed by atoms with Crippen LogP contribution in [0, 0.1) is 0 Å². The van der Waals surface area contributed by atoms with E-state index in [4.69, 9.17) is 0 Å². The van der Waals surface area contributed by atoms with Crippen molar-refractivity contribution in [2.24, 2.45) is 0 Å². The molecule has 3 rings (SSSR count). The molecule has 0 atom stereocenters. The molecule has 3 nitrogen and oxygen atoms in total. The Kier molecular flexibility index (Phi) is 4.46. The predicted molar refractivity (Wildman–Crippen MR) is 87.3 cm³/mol. The SMILES string of the molecule is O=C(Nc1cccc(N2CCCC2)c1)c1ccc(C(F)(F)F)cc1. The average Bonchev–Trinajstić information content (AvgIpc) is 3.09. The molecule has 1 aliphatic rings.